The Hall–Kier alpha value is -3.04. The fraction of sp³-hybridized carbons (Fsp3) is 0.458. The number of nitrogens with one attached hydrogen (secondary N) is 2. The molecule has 0 fully saturated rings. The molecule has 4 N–H and O–H groups in total. The van der Waals surface area contributed by atoms with E-state index in [4.69, 9.17) is 15.2 Å². The van der Waals surface area contributed by atoms with E-state index in [-0.39, 0.29) is 17.4 Å². The van der Waals surface area contributed by atoms with E-state index in [1.165, 1.54) is 25.4 Å². The van der Waals surface area contributed by atoms with Gasteiger partial charge in [-0.25, -0.2) is 4.39 Å². The molecule has 1 heterocycles. The number of aromatic nitrogens is 1. The van der Waals surface area contributed by atoms with Gasteiger partial charge in [-0.1, -0.05) is 39.3 Å². The summed E-state index contributed by atoms with van der Waals surface area (Å²) in [5.41, 5.74) is 5.69. The highest BCUT2D eigenvalue weighted by Crippen LogP contribution is 2.15. The molecule has 33 heavy (non-hydrogen) atoms. The van der Waals surface area contributed by atoms with Crippen molar-refractivity contribution in [2.45, 2.75) is 52.2 Å². The molecule has 0 saturated carbocycles. The molecule has 9 heteroatoms. The van der Waals surface area contributed by atoms with Crippen LogP contribution >= 0.6 is 0 Å². The number of nitrogens with two attached hydrogens (primary N) is 1. The van der Waals surface area contributed by atoms with Crippen molar-refractivity contribution in [1.82, 2.24) is 10.3 Å². The van der Waals surface area contributed by atoms with E-state index in [1.807, 2.05) is 6.92 Å². The molecule has 2 aromatic rings. The third kappa shape index (κ3) is 11.4. The smallest absolute Gasteiger partial charge is 0.267 e. The number of pyridine rings is 1. The lowest BCUT2D eigenvalue weighted by molar-refractivity contribution is -0.126. The Kier molecular flexibility index (Phi) is 13.3. The zero-order chi connectivity index (χ0) is 24.6. The highest BCUT2D eigenvalue weighted by Gasteiger charge is 2.17. The number of hydrogen-bond donors (Lipinski definition) is 3. The van der Waals surface area contributed by atoms with Crippen molar-refractivity contribution >= 4 is 17.5 Å². The lowest BCUT2D eigenvalue weighted by atomic mass is 10.2. The van der Waals surface area contributed by atoms with Gasteiger partial charge in [0.2, 0.25) is 0 Å². The van der Waals surface area contributed by atoms with Crippen LogP contribution in [0.5, 0.6) is 5.75 Å². The summed E-state index contributed by atoms with van der Waals surface area (Å²) in [5.74, 6) is -0.847. The maximum Gasteiger partial charge on any atom is 0.267 e. The van der Waals surface area contributed by atoms with Crippen molar-refractivity contribution in [2.75, 3.05) is 25.6 Å². The van der Waals surface area contributed by atoms with Gasteiger partial charge in [0, 0.05) is 25.0 Å². The molecule has 0 spiro atoms. The van der Waals surface area contributed by atoms with Gasteiger partial charge in [-0.2, -0.15) is 0 Å². The monoisotopic (exact) mass is 462 g/mol. The summed E-state index contributed by atoms with van der Waals surface area (Å²) < 4.78 is 23.5. The number of benzene rings is 1. The third-order valence-corrected chi connectivity index (χ3v) is 4.38. The molecule has 1 atom stereocenters. The van der Waals surface area contributed by atoms with Crippen LogP contribution in [0.3, 0.4) is 0 Å². The predicted molar refractivity (Wildman–Crippen MR) is 127 cm³/mol. The summed E-state index contributed by atoms with van der Waals surface area (Å²) >= 11 is 0. The van der Waals surface area contributed by atoms with Gasteiger partial charge >= 0.3 is 0 Å². The van der Waals surface area contributed by atoms with E-state index < -0.39 is 12.0 Å². The van der Waals surface area contributed by atoms with E-state index >= 15 is 0 Å². The van der Waals surface area contributed by atoms with E-state index in [2.05, 4.69) is 29.5 Å². The minimum Gasteiger partial charge on any atom is -0.490 e. The number of carbonyl (C=O) groups is 2. The van der Waals surface area contributed by atoms with Gasteiger partial charge in [0.15, 0.2) is 11.6 Å². The number of rotatable bonds is 12. The van der Waals surface area contributed by atoms with Gasteiger partial charge in [0.1, 0.15) is 11.8 Å². The second kappa shape index (κ2) is 15.7. The second-order valence-corrected chi connectivity index (χ2v) is 7.54. The van der Waals surface area contributed by atoms with Gasteiger partial charge in [-0.15, -0.1) is 0 Å². The zero-order valence-corrected chi connectivity index (χ0v) is 19.8. The zero-order valence-electron chi connectivity index (χ0n) is 19.8. The molecule has 0 radical (unpaired) electrons. The van der Waals surface area contributed by atoms with Crippen LogP contribution in [0.4, 0.5) is 10.1 Å². The molecular formula is C24H35FN4O4. The Morgan fingerprint density at radius 1 is 1.21 bits per heavy atom. The van der Waals surface area contributed by atoms with Crippen molar-refractivity contribution in [2.24, 2.45) is 5.73 Å². The number of halogens is 1. The summed E-state index contributed by atoms with van der Waals surface area (Å²) in [4.78, 5) is 26.6. The van der Waals surface area contributed by atoms with E-state index in [9.17, 15) is 14.0 Å². The van der Waals surface area contributed by atoms with Crippen LogP contribution in [0.1, 0.15) is 50.5 Å². The molecule has 1 unspecified atom stereocenters. The summed E-state index contributed by atoms with van der Waals surface area (Å²) in [5, 5.41) is 5.93. The average Bonchev–Trinajstić information content (AvgIpc) is 2.78. The Balaban J connectivity index is 0.000000335. The fourth-order valence-electron chi connectivity index (χ4n) is 2.69. The average molecular weight is 463 g/mol. The van der Waals surface area contributed by atoms with Crippen LogP contribution in [0.2, 0.25) is 0 Å². The molecule has 0 aliphatic carbocycles. The first kappa shape index (κ1) is 28.0. The molecule has 182 valence electrons. The number of ether oxygens (including phenoxy) is 2. The van der Waals surface area contributed by atoms with Crippen molar-refractivity contribution in [1.29, 1.82) is 0 Å². The number of methoxy groups -OCH3 is 1. The highest BCUT2D eigenvalue weighted by molar-refractivity contribution is 5.96. The topological polar surface area (TPSA) is 116 Å². The molecular weight excluding hydrogens is 427 g/mol. The van der Waals surface area contributed by atoms with Gasteiger partial charge in [-0.05, 0) is 43.7 Å². The largest absolute Gasteiger partial charge is 0.490 e. The number of nitrogens with zero attached hydrogens (tertiary/aromatic N) is 1. The highest BCUT2D eigenvalue weighted by atomic mass is 19.1. The lowest BCUT2D eigenvalue weighted by Gasteiger charge is -2.14. The van der Waals surface area contributed by atoms with Crippen molar-refractivity contribution in [3.05, 3.63) is 54.1 Å². The maximum absolute atomic E-state index is 13.1. The van der Waals surface area contributed by atoms with Crippen LogP contribution in [0, 0.1) is 5.82 Å². The number of amides is 2. The maximum atomic E-state index is 13.1. The van der Waals surface area contributed by atoms with E-state index in [1.54, 1.807) is 24.3 Å². The minimum atomic E-state index is -0.636. The Morgan fingerprint density at radius 3 is 2.55 bits per heavy atom. The van der Waals surface area contributed by atoms with Crippen LogP contribution in [-0.2, 0) is 9.53 Å². The molecule has 0 aliphatic rings. The molecule has 1 aromatic carbocycles. The summed E-state index contributed by atoms with van der Waals surface area (Å²) in [6, 6.07) is 9.97. The first-order chi connectivity index (χ1) is 15.8. The SMILES string of the molecule is CC(C)NCCCOc1ccccc1F.CCCC(OC)C(=O)Nc1ccnc(C(N)=O)c1. The van der Waals surface area contributed by atoms with Crippen molar-refractivity contribution in [3.8, 4) is 5.75 Å². The van der Waals surface area contributed by atoms with Crippen molar-refractivity contribution in [3.63, 3.8) is 0 Å². The van der Waals surface area contributed by atoms with Crippen molar-refractivity contribution < 1.29 is 23.5 Å². The Labute approximate surface area is 195 Å². The molecule has 2 rings (SSSR count). The van der Waals surface area contributed by atoms with Gasteiger partial charge < -0.3 is 25.8 Å². The van der Waals surface area contributed by atoms with Crippen LogP contribution in [-0.4, -0.2) is 49.2 Å². The van der Waals surface area contributed by atoms with Gasteiger partial charge in [0.05, 0.1) is 6.61 Å². The summed E-state index contributed by atoms with van der Waals surface area (Å²) in [7, 11) is 1.49. The number of anilines is 1. The number of carbonyl (C=O) groups excluding carboxylic acids is 2. The van der Waals surface area contributed by atoms with Crippen LogP contribution < -0.4 is 21.1 Å². The Bertz CT molecular complexity index is 864. The fourth-order valence-corrected chi connectivity index (χ4v) is 2.69. The van der Waals surface area contributed by atoms with Gasteiger partial charge in [0.25, 0.3) is 11.8 Å². The summed E-state index contributed by atoms with van der Waals surface area (Å²) in [6.07, 6.45) is 3.27. The first-order valence-electron chi connectivity index (χ1n) is 11.0. The lowest BCUT2D eigenvalue weighted by Crippen LogP contribution is -2.29. The quantitative estimate of drug-likeness (QED) is 0.416. The molecule has 0 saturated heterocycles. The second-order valence-electron chi connectivity index (χ2n) is 7.54. The number of hydrogen-bond acceptors (Lipinski definition) is 6. The van der Waals surface area contributed by atoms with Crippen LogP contribution in [0.15, 0.2) is 42.6 Å². The van der Waals surface area contributed by atoms with E-state index in [0.29, 0.717) is 30.5 Å². The van der Waals surface area contributed by atoms with E-state index in [0.717, 1.165) is 19.4 Å². The predicted octanol–water partition coefficient (Wildman–Crippen LogP) is 3.53. The molecule has 1 aromatic heterocycles. The molecule has 0 bridgehead atoms. The first-order valence-corrected chi connectivity index (χ1v) is 11.0. The molecule has 2 amide bonds. The normalized spacial score (nSPS) is 11.3. The van der Waals surface area contributed by atoms with Crippen LogP contribution in [0.25, 0.3) is 0 Å². The number of para-hydroxylation sites is 1. The third-order valence-electron chi connectivity index (χ3n) is 4.38. The molecule has 8 nitrogen and oxygen atoms in total. The Morgan fingerprint density at radius 2 is 1.94 bits per heavy atom. The molecule has 0 aliphatic heterocycles. The standard InChI is InChI=1S/C12H18FNO.C12H17N3O3/c1-10(2)14-8-5-9-15-12-7-4-3-6-11(12)13;1-3-4-10(18-2)12(17)15-8-5-6-14-9(7-8)11(13)16/h3-4,6-7,10,14H,5,8-9H2,1-2H3;5-7,10H,3-4H2,1-2H3,(H2,13,16)(H,14,15,17). The summed E-state index contributed by atoms with van der Waals surface area (Å²) in [6.45, 7) is 7.60. The van der Waals surface area contributed by atoms with Gasteiger partial charge in [-0.3, -0.25) is 14.6 Å². The minimum absolute atomic E-state index is 0.109. The number of primary amides is 1.